The number of carbonyl (C=O) groups excluding carboxylic acids is 1. The molecule has 0 bridgehead atoms. The molecule has 0 aliphatic rings. The molecule has 0 aromatic rings. The zero-order valence-electron chi connectivity index (χ0n) is 18.8. The van der Waals surface area contributed by atoms with Gasteiger partial charge in [-0.25, -0.2) is 0 Å². The van der Waals surface area contributed by atoms with Crippen LogP contribution in [0.3, 0.4) is 0 Å². The summed E-state index contributed by atoms with van der Waals surface area (Å²) in [4.78, 5) is 20.7. The Morgan fingerprint density at radius 2 is 1.24 bits per heavy atom. The second kappa shape index (κ2) is 22.4. The summed E-state index contributed by atoms with van der Waals surface area (Å²) >= 11 is 0. The Morgan fingerprint density at radius 1 is 0.793 bits per heavy atom. The van der Waals surface area contributed by atoms with E-state index in [1.54, 1.807) is 0 Å². The van der Waals surface area contributed by atoms with E-state index in [0.29, 0.717) is 6.42 Å². The average molecular weight is 437 g/mol. The summed E-state index contributed by atoms with van der Waals surface area (Å²) in [6.07, 6.45) is 18.8. The van der Waals surface area contributed by atoms with Crippen LogP contribution in [0.5, 0.6) is 0 Å². The molecule has 0 saturated carbocycles. The zero-order chi connectivity index (χ0) is 21.6. The zero-order valence-corrected chi connectivity index (χ0v) is 19.7. The highest BCUT2D eigenvalue weighted by molar-refractivity contribution is 7.40. The van der Waals surface area contributed by atoms with Crippen molar-refractivity contribution in [3.63, 3.8) is 0 Å². The largest absolute Gasteiger partial charge is 0.463 e. The van der Waals surface area contributed by atoms with Crippen LogP contribution in [0.2, 0.25) is 0 Å². The van der Waals surface area contributed by atoms with Gasteiger partial charge in [-0.1, -0.05) is 96.8 Å². The molecule has 0 aliphatic heterocycles. The first-order valence-electron chi connectivity index (χ1n) is 11.6. The van der Waals surface area contributed by atoms with Crippen LogP contribution >= 0.6 is 8.60 Å². The third-order valence-electron chi connectivity index (χ3n) is 4.95. The van der Waals surface area contributed by atoms with E-state index in [1.165, 1.54) is 84.2 Å². The van der Waals surface area contributed by atoms with Crippen molar-refractivity contribution in [2.75, 3.05) is 20.3 Å². The van der Waals surface area contributed by atoms with Crippen LogP contribution in [-0.4, -0.2) is 42.4 Å². The number of ether oxygens (including phenoxy) is 1. The third kappa shape index (κ3) is 22.3. The van der Waals surface area contributed by atoms with Crippen LogP contribution in [0.25, 0.3) is 0 Å². The summed E-state index contributed by atoms with van der Waals surface area (Å²) in [7, 11) is -0.648. The molecule has 2 unspecified atom stereocenters. The summed E-state index contributed by atoms with van der Waals surface area (Å²) in [5.41, 5.74) is 0. The molecular formula is C22H45O6P. The van der Waals surface area contributed by atoms with E-state index in [0.717, 1.165) is 19.3 Å². The van der Waals surface area contributed by atoms with E-state index in [4.69, 9.17) is 14.2 Å². The van der Waals surface area contributed by atoms with Crippen LogP contribution in [0.4, 0.5) is 0 Å². The molecule has 0 rings (SSSR count). The van der Waals surface area contributed by atoms with Crippen molar-refractivity contribution in [1.29, 1.82) is 0 Å². The van der Waals surface area contributed by atoms with Crippen LogP contribution in [0, 0.1) is 0 Å². The summed E-state index contributed by atoms with van der Waals surface area (Å²) in [6, 6.07) is 0. The van der Waals surface area contributed by atoms with Crippen LogP contribution in [-0.2, 0) is 18.6 Å². The van der Waals surface area contributed by atoms with Gasteiger partial charge in [-0.05, 0) is 6.42 Å². The first-order valence-corrected chi connectivity index (χ1v) is 12.7. The van der Waals surface area contributed by atoms with Crippen LogP contribution in [0.15, 0.2) is 0 Å². The molecule has 0 radical (unpaired) electrons. The molecule has 6 nitrogen and oxygen atoms in total. The van der Waals surface area contributed by atoms with Gasteiger partial charge in [-0.2, -0.15) is 0 Å². The van der Waals surface area contributed by atoms with Crippen molar-refractivity contribution in [1.82, 2.24) is 0 Å². The van der Waals surface area contributed by atoms with E-state index in [2.05, 4.69) is 11.4 Å². The highest BCUT2D eigenvalue weighted by Gasteiger charge is 2.12. The number of esters is 1. The molecule has 0 aliphatic carbocycles. The Bertz CT molecular complexity index is 356. The van der Waals surface area contributed by atoms with E-state index in [1.807, 2.05) is 0 Å². The number of carbonyl (C=O) groups is 1. The Labute approximate surface area is 179 Å². The SMILES string of the molecule is CCCCCCCCCCCCCCCCCC(=O)OCC(O)COP(O)OC. The van der Waals surface area contributed by atoms with Gasteiger partial charge in [0, 0.05) is 13.5 Å². The minimum Gasteiger partial charge on any atom is -0.463 e. The van der Waals surface area contributed by atoms with Crippen molar-refractivity contribution in [3.8, 4) is 0 Å². The molecule has 0 aromatic carbocycles. The van der Waals surface area contributed by atoms with Gasteiger partial charge >= 0.3 is 14.6 Å². The number of hydrogen-bond donors (Lipinski definition) is 2. The average Bonchev–Trinajstić information content (AvgIpc) is 2.73. The molecular weight excluding hydrogens is 391 g/mol. The number of aliphatic hydroxyl groups excluding tert-OH is 1. The first-order chi connectivity index (χ1) is 14.1. The number of rotatable bonds is 22. The fraction of sp³-hybridized carbons (Fsp3) is 0.955. The molecule has 0 aromatic heterocycles. The van der Waals surface area contributed by atoms with Gasteiger partial charge in [-0.3, -0.25) is 4.79 Å². The summed E-state index contributed by atoms with van der Waals surface area (Å²) < 4.78 is 14.4. The summed E-state index contributed by atoms with van der Waals surface area (Å²) in [6.45, 7) is 2.02. The van der Waals surface area contributed by atoms with E-state index in [9.17, 15) is 9.90 Å². The van der Waals surface area contributed by atoms with Crippen molar-refractivity contribution in [3.05, 3.63) is 0 Å². The Balaban J connectivity index is 3.26. The van der Waals surface area contributed by atoms with Gasteiger partial charge in [0.25, 0.3) is 0 Å². The van der Waals surface area contributed by atoms with Gasteiger partial charge in [0.05, 0.1) is 6.61 Å². The lowest BCUT2D eigenvalue weighted by Gasteiger charge is -2.13. The molecule has 2 N–H and O–H groups in total. The maximum Gasteiger partial charge on any atom is 0.329 e. The molecule has 174 valence electrons. The van der Waals surface area contributed by atoms with Crippen molar-refractivity contribution in [2.45, 2.75) is 116 Å². The Kier molecular flexibility index (Phi) is 22.2. The maximum atomic E-state index is 11.6. The molecule has 29 heavy (non-hydrogen) atoms. The van der Waals surface area contributed by atoms with Crippen molar-refractivity contribution in [2.24, 2.45) is 0 Å². The van der Waals surface area contributed by atoms with Crippen molar-refractivity contribution < 1.29 is 28.6 Å². The molecule has 0 amide bonds. The monoisotopic (exact) mass is 436 g/mol. The second-order valence-electron chi connectivity index (χ2n) is 7.75. The smallest absolute Gasteiger partial charge is 0.329 e. The Hall–Kier alpha value is -0.260. The number of hydrogen-bond acceptors (Lipinski definition) is 6. The van der Waals surface area contributed by atoms with Gasteiger partial charge in [0.15, 0.2) is 0 Å². The summed E-state index contributed by atoms with van der Waals surface area (Å²) in [5, 5.41) is 9.59. The van der Waals surface area contributed by atoms with E-state index in [-0.39, 0.29) is 19.2 Å². The number of unbranched alkanes of at least 4 members (excludes halogenated alkanes) is 14. The van der Waals surface area contributed by atoms with Gasteiger partial charge in [0.2, 0.25) is 0 Å². The predicted molar refractivity (Wildman–Crippen MR) is 119 cm³/mol. The lowest BCUT2D eigenvalue weighted by atomic mass is 10.0. The van der Waals surface area contributed by atoms with E-state index >= 15 is 0 Å². The molecule has 0 heterocycles. The number of aliphatic hydroxyl groups is 1. The molecule has 0 spiro atoms. The lowest BCUT2D eigenvalue weighted by Crippen LogP contribution is -2.23. The van der Waals surface area contributed by atoms with Gasteiger partial charge in [-0.15, -0.1) is 0 Å². The lowest BCUT2D eigenvalue weighted by molar-refractivity contribution is -0.147. The molecule has 0 fully saturated rings. The second-order valence-corrected chi connectivity index (χ2v) is 8.85. The van der Waals surface area contributed by atoms with Crippen LogP contribution < -0.4 is 0 Å². The van der Waals surface area contributed by atoms with E-state index < -0.39 is 14.7 Å². The fourth-order valence-electron chi connectivity index (χ4n) is 3.15. The summed E-state index contributed by atoms with van der Waals surface area (Å²) in [5.74, 6) is -0.295. The highest BCUT2D eigenvalue weighted by atomic mass is 31.2. The predicted octanol–water partition coefficient (Wildman–Crippen LogP) is 6.03. The van der Waals surface area contributed by atoms with Gasteiger partial charge < -0.3 is 23.8 Å². The minimum absolute atomic E-state index is 0.121. The normalized spacial score (nSPS) is 13.4. The molecule has 2 atom stereocenters. The van der Waals surface area contributed by atoms with Crippen LogP contribution in [0.1, 0.15) is 110 Å². The van der Waals surface area contributed by atoms with Crippen molar-refractivity contribution >= 4 is 14.6 Å². The third-order valence-corrected chi connectivity index (χ3v) is 5.64. The standard InChI is InChI=1S/C22H45O6P/c1-3-4-5-6-7-8-9-10-11-12-13-14-15-16-17-18-22(24)27-19-21(23)20-28-29(25)26-2/h21,23,25H,3-20H2,1-2H3. The topological polar surface area (TPSA) is 85.2 Å². The minimum atomic E-state index is -1.96. The fourth-order valence-corrected chi connectivity index (χ4v) is 3.56. The molecule has 0 saturated heterocycles. The highest BCUT2D eigenvalue weighted by Crippen LogP contribution is 2.30. The first kappa shape index (κ1) is 28.7. The quantitative estimate of drug-likeness (QED) is 0.122. The maximum absolute atomic E-state index is 11.6. The Morgan fingerprint density at radius 3 is 1.69 bits per heavy atom. The van der Waals surface area contributed by atoms with Gasteiger partial charge in [0.1, 0.15) is 12.7 Å². The molecule has 7 heteroatoms.